The number of aliphatic hydroxyl groups excluding tert-OH is 1. The van der Waals surface area contributed by atoms with E-state index in [1.807, 2.05) is 5.32 Å². The van der Waals surface area contributed by atoms with E-state index in [1.54, 1.807) is 0 Å². The van der Waals surface area contributed by atoms with E-state index in [2.05, 4.69) is 20.6 Å². The van der Waals surface area contributed by atoms with Crippen molar-refractivity contribution in [3.05, 3.63) is 18.2 Å². The molecule has 0 radical (unpaired) electrons. The third-order valence-corrected chi connectivity index (χ3v) is 4.45. The molecule has 0 aromatic carbocycles. The summed E-state index contributed by atoms with van der Waals surface area (Å²) in [6, 6.07) is -5.95. The summed E-state index contributed by atoms with van der Waals surface area (Å²) in [4.78, 5) is 77.4. The average molecular weight is 485 g/mol. The minimum Gasteiger partial charge on any atom is -0.481 e. The molecule has 4 amide bonds. The number of carbonyl (C=O) groups excluding carboxylic acids is 4. The number of aromatic nitrogens is 2. The number of carboxylic acid groups (broad SMARTS) is 2. The van der Waals surface area contributed by atoms with E-state index in [-0.39, 0.29) is 19.3 Å². The maximum atomic E-state index is 12.8. The van der Waals surface area contributed by atoms with E-state index in [9.17, 15) is 33.9 Å². The number of rotatable bonds is 15. The Labute approximate surface area is 192 Å². The molecule has 1 aromatic heterocycles. The van der Waals surface area contributed by atoms with Crippen LogP contribution in [0.1, 0.15) is 25.0 Å². The highest BCUT2D eigenvalue weighted by Gasteiger charge is 2.31. The first-order valence-electron chi connectivity index (χ1n) is 9.92. The lowest BCUT2D eigenvalue weighted by Gasteiger charge is -2.24. The van der Waals surface area contributed by atoms with Gasteiger partial charge < -0.3 is 47.7 Å². The van der Waals surface area contributed by atoms with Gasteiger partial charge in [0.2, 0.25) is 23.6 Å². The SMILES string of the molecule is NC(=O)CCC(NC(=O)C(N)CO)C(=O)NC(Cc1cnc[nH]1)C(=O)NC(CC(=O)O)C(=O)O. The van der Waals surface area contributed by atoms with Gasteiger partial charge in [0.1, 0.15) is 24.2 Å². The topological polar surface area (TPSA) is 280 Å². The molecule has 188 valence electrons. The minimum absolute atomic E-state index is 0.205. The zero-order valence-electron chi connectivity index (χ0n) is 17.9. The van der Waals surface area contributed by atoms with Crippen LogP contribution >= 0.6 is 0 Å². The predicted molar refractivity (Wildman–Crippen MR) is 111 cm³/mol. The second kappa shape index (κ2) is 13.5. The van der Waals surface area contributed by atoms with E-state index in [1.165, 1.54) is 12.5 Å². The fourth-order valence-electron chi connectivity index (χ4n) is 2.66. The van der Waals surface area contributed by atoms with Crippen LogP contribution in [0.25, 0.3) is 0 Å². The number of aliphatic hydroxyl groups is 1. The quantitative estimate of drug-likeness (QED) is 0.114. The van der Waals surface area contributed by atoms with Gasteiger partial charge in [-0.1, -0.05) is 0 Å². The molecule has 0 bridgehead atoms. The predicted octanol–water partition coefficient (Wildman–Crippen LogP) is -4.45. The number of nitrogens with two attached hydrogens (primary N) is 2. The van der Waals surface area contributed by atoms with Crippen molar-refractivity contribution in [2.45, 2.75) is 49.9 Å². The molecule has 16 heteroatoms. The third-order valence-electron chi connectivity index (χ3n) is 4.45. The van der Waals surface area contributed by atoms with Crippen LogP contribution in [-0.2, 0) is 35.2 Å². The minimum atomic E-state index is -1.78. The van der Waals surface area contributed by atoms with Crippen molar-refractivity contribution < 1.29 is 44.1 Å². The number of primary amides is 1. The third kappa shape index (κ3) is 9.61. The molecule has 0 aliphatic carbocycles. The van der Waals surface area contributed by atoms with E-state index < -0.39 is 72.8 Å². The molecule has 34 heavy (non-hydrogen) atoms. The van der Waals surface area contributed by atoms with Crippen LogP contribution in [0, 0.1) is 0 Å². The number of nitrogens with zero attached hydrogens (tertiary/aromatic N) is 1. The normalized spacial score (nSPS) is 14.2. The Balaban J connectivity index is 3.08. The van der Waals surface area contributed by atoms with Gasteiger partial charge in [-0.05, 0) is 6.42 Å². The summed E-state index contributed by atoms with van der Waals surface area (Å²) in [5.74, 6) is -6.73. The number of aliphatic carboxylic acids is 2. The van der Waals surface area contributed by atoms with Crippen LogP contribution < -0.4 is 27.4 Å². The number of hydrogen-bond acceptors (Lipinski definition) is 9. The standard InChI is InChI=1S/C18H27N7O9/c19-9(6-26)15(30)23-10(1-2-13(20)27)16(31)24-11(3-8-5-21-7-22-8)17(32)25-12(18(33)34)4-14(28)29/h5,7,9-12,26H,1-4,6,19H2,(H2,20,27)(H,21,22)(H,23,30)(H,24,31)(H,25,32)(H,28,29)(H,33,34). The average Bonchev–Trinajstić information content (AvgIpc) is 3.27. The Morgan fingerprint density at radius 1 is 0.971 bits per heavy atom. The molecule has 1 rings (SSSR count). The van der Waals surface area contributed by atoms with Gasteiger partial charge in [0.15, 0.2) is 0 Å². The first-order chi connectivity index (χ1) is 15.9. The summed E-state index contributed by atoms with van der Waals surface area (Å²) in [6.07, 6.45) is 0.934. The van der Waals surface area contributed by atoms with Crippen LogP contribution in [-0.4, -0.2) is 91.6 Å². The van der Waals surface area contributed by atoms with Gasteiger partial charge in [-0.2, -0.15) is 0 Å². The highest BCUT2D eigenvalue weighted by atomic mass is 16.4. The van der Waals surface area contributed by atoms with Crippen molar-refractivity contribution in [2.24, 2.45) is 11.5 Å². The van der Waals surface area contributed by atoms with Gasteiger partial charge in [-0.15, -0.1) is 0 Å². The first-order valence-corrected chi connectivity index (χ1v) is 9.92. The van der Waals surface area contributed by atoms with E-state index in [4.69, 9.17) is 21.7 Å². The van der Waals surface area contributed by atoms with Crippen molar-refractivity contribution >= 4 is 35.6 Å². The number of nitrogens with one attached hydrogen (secondary N) is 4. The van der Waals surface area contributed by atoms with Crippen LogP contribution in [0.3, 0.4) is 0 Å². The smallest absolute Gasteiger partial charge is 0.326 e. The monoisotopic (exact) mass is 485 g/mol. The van der Waals surface area contributed by atoms with Crippen LogP contribution in [0.2, 0.25) is 0 Å². The lowest BCUT2D eigenvalue weighted by Crippen LogP contribution is -2.58. The van der Waals surface area contributed by atoms with E-state index in [0.29, 0.717) is 5.69 Å². The van der Waals surface area contributed by atoms with Gasteiger partial charge in [-0.25, -0.2) is 9.78 Å². The van der Waals surface area contributed by atoms with Gasteiger partial charge in [-0.3, -0.25) is 24.0 Å². The summed E-state index contributed by atoms with van der Waals surface area (Å²) < 4.78 is 0. The molecule has 0 aliphatic rings. The molecule has 0 aliphatic heterocycles. The zero-order chi connectivity index (χ0) is 25.8. The number of aromatic amines is 1. The molecule has 0 saturated heterocycles. The zero-order valence-corrected chi connectivity index (χ0v) is 17.9. The number of H-pyrrole nitrogens is 1. The highest BCUT2D eigenvalue weighted by Crippen LogP contribution is 2.05. The van der Waals surface area contributed by atoms with Gasteiger partial charge >= 0.3 is 11.9 Å². The molecular weight excluding hydrogens is 458 g/mol. The van der Waals surface area contributed by atoms with Crippen molar-refractivity contribution in [1.82, 2.24) is 25.9 Å². The fraction of sp³-hybridized carbons (Fsp3) is 0.500. The second-order valence-electron chi connectivity index (χ2n) is 7.19. The van der Waals surface area contributed by atoms with Crippen molar-refractivity contribution in [1.29, 1.82) is 0 Å². The van der Waals surface area contributed by atoms with Gasteiger partial charge in [0, 0.05) is 24.7 Å². The second-order valence-corrected chi connectivity index (χ2v) is 7.19. The van der Waals surface area contributed by atoms with Gasteiger partial charge in [0.25, 0.3) is 0 Å². The summed E-state index contributed by atoms with van der Waals surface area (Å²) in [5.41, 5.74) is 10.9. The number of carboxylic acids is 2. The van der Waals surface area contributed by atoms with E-state index >= 15 is 0 Å². The first kappa shape index (κ1) is 28.0. The molecule has 0 saturated carbocycles. The molecule has 4 unspecified atom stereocenters. The molecule has 0 fully saturated rings. The summed E-state index contributed by atoms with van der Waals surface area (Å²) in [5, 5.41) is 33.7. The lowest BCUT2D eigenvalue weighted by molar-refractivity contribution is -0.147. The van der Waals surface area contributed by atoms with Crippen LogP contribution in [0.4, 0.5) is 0 Å². The summed E-state index contributed by atoms with van der Waals surface area (Å²) >= 11 is 0. The Bertz CT molecular complexity index is 890. The van der Waals surface area contributed by atoms with Crippen LogP contribution in [0.5, 0.6) is 0 Å². The Morgan fingerprint density at radius 3 is 2.06 bits per heavy atom. The fourth-order valence-corrected chi connectivity index (χ4v) is 2.66. The molecule has 16 nitrogen and oxygen atoms in total. The molecule has 1 heterocycles. The Morgan fingerprint density at radius 2 is 1.56 bits per heavy atom. The Hall–Kier alpha value is -4.05. The maximum Gasteiger partial charge on any atom is 0.326 e. The molecule has 0 spiro atoms. The maximum absolute atomic E-state index is 12.8. The van der Waals surface area contributed by atoms with Crippen molar-refractivity contribution in [3.8, 4) is 0 Å². The van der Waals surface area contributed by atoms with Crippen molar-refractivity contribution in [3.63, 3.8) is 0 Å². The molecule has 11 N–H and O–H groups in total. The number of amides is 4. The van der Waals surface area contributed by atoms with Gasteiger partial charge in [0.05, 0.1) is 19.4 Å². The Kier molecular flexibility index (Phi) is 11.1. The largest absolute Gasteiger partial charge is 0.481 e. The number of hydrogen-bond donors (Lipinski definition) is 9. The van der Waals surface area contributed by atoms with Crippen molar-refractivity contribution in [2.75, 3.05) is 6.61 Å². The van der Waals surface area contributed by atoms with Crippen LogP contribution in [0.15, 0.2) is 12.5 Å². The summed E-state index contributed by atoms with van der Waals surface area (Å²) in [7, 11) is 0. The number of imidazole rings is 1. The number of carbonyl (C=O) groups is 6. The molecule has 1 aromatic rings. The lowest BCUT2D eigenvalue weighted by atomic mass is 10.1. The summed E-state index contributed by atoms with van der Waals surface area (Å²) in [6.45, 7) is -0.721. The molecular formula is C18H27N7O9. The molecule has 4 atom stereocenters. The van der Waals surface area contributed by atoms with E-state index in [0.717, 1.165) is 0 Å². The highest BCUT2D eigenvalue weighted by molar-refractivity contribution is 5.95.